The van der Waals surface area contributed by atoms with E-state index in [4.69, 9.17) is 4.98 Å². The zero-order chi connectivity index (χ0) is 22.1. The van der Waals surface area contributed by atoms with E-state index in [-0.39, 0.29) is 11.2 Å². The fraction of sp³-hybridized carbons (Fsp3) is 0.241. The van der Waals surface area contributed by atoms with Gasteiger partial charge in [-0.2, -0.15) is 0 Å². The van der Waals surface area contributed by atoms with Gasteiger partial charge in [0.25, 0.3) is 0 Å². The van der Waals surface area contributed by atoms with Gasteiger partial charge in [-0.1, -0.05) is 63.1 Å². The number of phenolic OH excluding ortho intramolecular Hbond substituents is 1. The van der Waals surface area contributed by atoms with Crippen LogP contribution in [0.15, 0.2) is 79.0 Å². The predicted molar refractivity (Wildman–Crippen MR) is 131 cm³/mol. The summed E-state index contributed by atoms with van der Waals surface area (Å²) in [6.07, 6.45) is 6.26. The van der Waals surface area contributed by atoms with Gasteiger partial charge in [-0.25, -0.2) is 4.98 Å². The third kappa shape index (κ3) is 3.20. The number of phenols is 1. The van der Waals surface area contributed by atoms with Crippen molar-refractivity contribution in [3.63, 3.8) is 0 Å². The van der Waals surface area contributed by atoms with Gasteiger partial charge in [0.15, 0.2) is 0 Å². The van der Waals surface area contributed by atoms with E-state index in [0.717, 1.165) is 53.9 Å². The number of aromatic hydroxyl groups is 1. The summed E-state index contributed by atoms with van der Waals surface area (Å²) < 4.78 is 0. The molecule has 32 heavy (non-hydrogen) atoms. The molecule has 160 valence electrons. The van der Waals surface area contributed by atoms with Crippen LogP contribution >= 0.6 is 0 Å². The minimum atomic E-state index is -0.0128. The molecule has 0 fully saturated rings. The van der Waals surface area contributed by atoms with Gasteiger partial charge in [0.05, 0.1) is 17.1 Å². The largest absolute Gasteiger partial charge is 0.507 e. The summed E-state index contributed by atoms with van der Waals surface area (Å²) in [6, 6.07) is 24.5. The first-order valence-electron chi connectivity index (χ1n) is 11.5. The van der Waals surface area contributed by atoms with Crippen LogP contribution in [0.25, 0.3) is 33.8 Å². The van der Waals surface area contributed by atoms with Crippen LogP contribution in [0.2, 0.25) is 0 Å². The Morgan fingerprint density at radius 2 is 1.50 bits per heavy atom. The molecule has 2 aromatic carbocycles. The number of hydrogen-bond acceptors (Lipinski definition) is 3. The lowest BCUT2D eigenvalue weighted by Crippen LogP contribution is -2.25. The van der Waals surface area contributed by atoms with E-state index in [1.165, 1.54) is 16.7 Å². The van der Waals surface area contributed by atoms with Crippen molar-refractivity contribution in [2.24, 2.45) is 0 Å². The van der Waals surface area contributed by atoms with E-state index < -0.39 is 0 Å². The fourth-order valence-electron chi connectivity index (χ4n) is 5.40. The highest BCUT2D eigenvalue weighted by Gasteiger charge is 2.42. The van der Waals surface area contributed by atoms with Gasteiger partial charge >= 0.3 is 0 Å². The molecule has 0 atom stereocenters. The van der Waals surface area contributed by atoms with Crippen molar-refractivity contribution < 1.29 is 5.11 Å². The summed E-state index contributed by atoms with van der Waals surface area (Å²) in [5, 5.41) is 10.4. The normalized spacial score (nSPS) is 13.6. The van der Waals surface area contributed by atoms with Gasteiger partial charge in [0.2, 0.25) is 0 Å². The Labute approximate surface area is 189 Å². The minimum absolute atomic E-state index is 0.0128. The van der Waals surface area contributed by atoms with Crippen LogP contribution in [-0.2, 0) is 5.41 Å². The number of para-hydroxylation sites is 1. The zero-order valence-electron chi connectivity index (χ0n) is 18.7. The summed E-state index contributed by atoms with van der Waals surface area (Å²) >= 11 is 0. The highest BCUT2D eigenvalue weighted by atomic mass is 16.3. The van der Waals surface area contributed by atoms with E-state index in [1.54, 1.807) is 6.07 Å². The number of fused-ring (bicyclic) bond motifs is 3. The monoisotopic (exact) mass is 420 g/mol. The molecule has 5 rings (SSSR count). The third-order valence-electron chi connectivity index (χ3n) is 6.70. The summed E-state index contributed by atoms with van der Waals surface area (Å²) in [5.74, 6) is 0.258. The number of hydrogen-bond donors (Lipinski definition) is 1. The Kier molecular flexibility index (Phi) is 5.26. The molecular formula is C29H28N2O. The highest BCUT2D eigenvalue weighted by Crippen LogP contribution is 2.54. The third-order valence-corrected chi connectivity index (χ3v) is 6.70. The first-order valence-corrected chi connectivity index (χ1v) is 11.5. The molecule has 0 aliphatic heterocycles. The molecular weight excluding hydrogens is 392 g/mol. The van der Waals surface area contributed by atoms with Gasteiger partial charge in [0.1, 0.15) is 5.75 Å². The summed E-state index contributed by atoms with van der Waals surface area (Å²) in [5.41, 5.74) is 8.56. The van der Waals surface area contributed by atoms with Gasteiger partial charge in [0, 0.05) is 28.3 Å². The molecule has 0 radical (unpaired) electrons. The SMILES string of the molecule is CCCC1(CCC)c2ccc(-c3ccccn3)cc2-c2nc(-c3ccccc3O)ccc21. The fourth-order valence-corrected chi connectivity index (χ4v) is 5.40. The molecule has 1 aliphatic carbocycles. The Morgan fingerprint density at radius 3 is 2.22 bits per heavy atom. The molecule has 0 amide bonds. The molecule has 0 bridgehead atoms. The second-order valence-corrected chi connectivity index (χ2v) is 8.67. The second kappa shape index (κ2) is 8.23. The summed E-state index contributed by atoms with van der Waals surface area (Å²) in [4.78, 5) is 9.70. The smallest absolute Gasteiger partial charge is 0.124 e. The molecule has 4 aromatic rings. The molecule has 1 aliphatic rings. The maximum absolute atomic E-state index is 10.4. The topological polar surface area (TPSA) is 46.0 Å². The number of rotatable bonds is 6. The van der Waals surface area contributed by atoms with Crippen LogP contribution in [0.4, 0.5) is 0 Å². The molecule has 3 nitrogen and oxygen atoms in total. The Bertz CT molecular complexity index is 1260. The summed E-state index contributed by atoms with van der Waals surface area (Å²) in [6.45, 7) is 4.53. The van der Waals surface area contributed by atoms with Crippen LogP contribution in [-0.4, -0.2) is 15.1 Å². The number of nitrogens with zero attached hydrogens (tertiary/aromatic N) is 2. The Balaban J connectivity index is 1.75. The van der Waals surface area contributed by atoms with Crippen molar-refractivity contribution in [1.82, 2.24) is 9.97 Å². The first-order chi connectivity index (χ1) is 15.7. The zero-order valence-corrected chi connectivity index (χ0v) is 18.7. The van der Waals surface area contributed by atoms with Gasteiger partial charge in [-0.15, -0.1) is 0 Å². The predicted octanol–water partition coefficient (Wildman–Crippen LogP) is 7.38. The Hall–Kier alpha value is -3.46. The maximum Gasteiger partial charge on any atom is 0.124 e. The highest BCUT2D eigenvalue weighted by molar-refractivity contribution is 5.84. The van der Waals surface area contributed by atoms with E-state index in [2.05, 4.69) is 55.2 Å². The number of benzene rings is 2. The molecule has 0 spiro atoms. The minimum Gasteiger partial charge on any atom is -0.507 e. The van der Waals surface area contributed by atoms with E-state index in [0.29, 0.717) is 0 Å². The van der Waals surface area contributed by atoms with Crippen molar-refractivity contribution in [2.75, 3.05) is 0 Å². The quantitative estimate of drug-likeness (QED) is 0.354. The number of pyridine rings is 2. The van der Waals surface area contributed by atoms with E-state index in [9.17, 15) is 5.11 Å². The lowest BCUT2D eigenvalue weighted by molar-refractivity contribution is 0.435. The van der Waals surface area contributed by atoms with Gasteiger partial charge in [-0.05, 0) is 60.4 Å². The molecule has 3 heteroatoms. The average Bonchev–Trinajstić information content (AvgIpc) is 3.09. The molecule has 0 saturated carbocycles. The van der Waals surface area contributed by atoms with Crippen LogP contribution in [0.1, 0.15) is 50.7 Å². The molecule has 0 saturated heterocycles. The molecule has 2 aromatic heterocycles. The van der Waals surface area contributed by atoms with E-state index >= 15 is 0 Å². The van der Waals surface area contributed by atoms with Gasteiger partial charge in [-0.3, -0.25) is 4.98 Å². The molecule has 0 unspecified atom stereocenters. The van der Waals surface area contributed by atoms with E-state index in [1.807, 2.05) is 36.5 Å². The van der Waals surface area contributed by atoms with Crippen molar-refractivity contribution in [3.8, 4) is 39.5 Å². The summed E-state index contributed by atoms with van der Waals surface area (Å²) in [7, 11) is 0. The lowest BCUT2D eigenvalue weighted by atomic mass is 9.71. The Morgan fingerprint density at radius 1 is 0.750 bits per heavy atom. The van der Waals surface area contributed by atoms with Crippen LogP contribution < -0.4 is 0 Å². The van der Waals surface area contributed by atoms with Crippen LogP contribution in [0.3, 0.4) is 0 Å². The first kappa shape index (κ1) is 20.4. The second-order valence-electron chi connectivity index (χ2n) is 8.67. The van der Waals surface area contributed by atoms with Crippen LogP contribution in [0.5, 0.6) is 5.75 Å². The standard InChI is InChI=1S/C29H28N2O/c1-3-16-29(17-4-2)23-13-12-20(25-10-7-8-18-30-25)19-22(23)28-24(29)14-15-26(31-28)21-9-5-6-11-27(21)32/h5-15,18-19,32H,3-4,16-17H2,1-2H3. The molecule has 1 N–H and O–H groups in total. The average molecular weight is 421 g/mol. The lowest BCUT2D eigenvalue weighted by Gasteiger charge is -2.31. The van der Waals surface area contributed by atoms with Crippen molar-refractivity contribution >= 4 is 0 Å². The number of aromatic nitrogens is 2. The van der Waals surface area contributed by atoms with Gasteiger partial charge < -0.3 is 5.11 Å². The molecule has 2 heterocycles. The maximum atomic E-state index is 10.4. The van der Waals surface area contributed by atoms with Crippen molar-refractivity contribution in [2.45, 2.75) is 44.9 Å². The van der Waals surface area contributed by atoms with Crippen LogP contribution in [0, 0.1) is 0 Å². The van der Waals surface area contributed by atoms with Crippen molar-refractivity contribution in [3.05, 3.63) is 90.1 Å². The van der Waals surface area contributed by atoms with Crippen molar-refractivity contribution in [1.29, 1.82) is 0 Å².